The van der Waals surface area contributed by atoms with Gasteiger partial charge >= 0.3 is 0 Å². The maximum atomic E-state index is 12.0. The third kappa shape index (κ3) is 2.48. The minimum atomic E-state index is -0.143. The fraction of sp³-hybridized carbons (Fsp3) is 0.286. The molecule has 0 radical (unpaired) electrons. The molecule has 0 spiro atoms. The topological polar surface area (TPSA) is 55.0 Å². The van der Waals surface area contributed by atoms with Crippen LogP contribution in [-0.4, -0.2) is 23.2 Å². The Bertz CT molecular complexity index is 634. The summed E-state index contributed by atoms with van der Waals surface area (Å²) in [7, 11) is 0. The van der Waals surface area contributed by atoms with Gasteiger partial charge in [0.1, 0.15) is 10.3 Å². The molecule has 2 aromatic rings. The lowest BCUT2D eigenvalue weighted by Crippen LogP contribution is -2.16. The first-order valence-corrected chi connectivity index (χ1v) is 6.98. The van der Waals surface area contributed by atoms with Crippen LogP contribution in [0.25, 0.3) is 11.3 Å². The van der Waals surface area contributed by atoms with Crippen molar-refractivity contribution in [2.75, 3.05) is 13.2 Å². The molecule has 3 rings (SSSR count). The van der Waals surface area contributed by atoms with Crippen molar-refractivity contribution in [3.63, 3.8) is 0 Å². The number of aromatic amines is 1. The Morgan fingerprint density at radius 1 is 1.32 bits per heavy atom. The third-order valence-corrected chi connectivity index (χ3v) is 3.98. The Labute approximate surface area is 119 Å². The van der Waals surface area contributed by atoms with E-state index in [0.717, 1.165) is 18.6 Å². The molecule has 5 heteroatoms. The van der Waals surface area contributed by atoms with Gasteiger partial charge in [-0.15, -0.1) is 0 Å². The molecule has 2 heterocycles. The number of nitrogens with zero attached hydrogens (tertiary/aromatic N) is 1. The van der Waals surface area contributed by atoms with Crippen molar-refractivity contribution in [1.29, 1.82) is 0 Å². The molecule has 0 bridgehead atoms. The first-order valence-electron chi connectivity index (χ1n) is 6.18. The summed E-state index contributed by atoms with van der Waals surface area (Å²) in [6, 6.07) is 9.70. The molecule has 19 heavy (non-hydrogen) atoms. The first-order chi connectivity index (χ1) is 9.25. The van der Waals surface area contributed by atoms with Gasteiger partial charge < -0.3 is 9.72 Å². The van der Waals surface area contributed by atoms with E-state index in [1.54, 1.807) is 0 Å². The highest BCUT2D eigenvalue weighted by Crippen LogP contribution is 2.27. The van der Waals surface area contributed by atoms with Gasteiger partial charge in [0.05, 0.1) is 12.3 Å². The van der Waals surface area contributed by atoms with Gasteiger partial charge in [-0.2, -0.15) is 0 Å². The molecule has 1 atom stereocenters. The van der Waals surface area contributed by atoms with Crippen LogP contribution in [0.1, 0.15) is 18.2 Å². The van der Waals surface area contributed by atoms with E-state index in [1.807, 2.05) is 30.3 Å². The summed E-state index contributed by atoms with van der Waals surface area (Å²) >= 11 is 3.32. The standard InChI is InChI=1S/C14H13BrN2O2/c15-11-12(9-4-2-1-3-5-9)16-13(17-14(11)18)10-6-7-19-8-10/h1-5,10H,6-8H2,(H,16,17,18). The lowest BCUT2D eigenvalue weighted by Gasteiger charge is -2.10. The maximum Gasteiger partial charge on any atom is 0.265 e. The van der Waals surface area contributed by atoms with Crippen molar-refractivity contribution in [2.24, 2.45) is 0 Å². The number of halogens is 1. The Balaban J connectivity index is 2.11. The predicted octanol–water partition coefficient (Wildman–Crippen LogP) is 2.70. The fourth-order valence-electron chi connectivity index (χ4n) is 2.21. The molecule has 1 unspecified atom stereocenters. The number of rotatable bonds is 2. The second-order valence-corrected chi connectivity index (χ2v) is 5.33. The van der Waals surface area contributed by atoms with E-state index in [9.17, 15) is 4.79 Å². The van der Waals surface area contributed by atoms with Crippen LogP contribution in [0.4, 0.5) is 0 Å². The average molecular weight is 321 g/mol. The normalized spacial score (nSPS) is 18.7. The van der Waals surface area contributed by atoms with Crippen molar-refractivity contribution in [3.05, 3.63) is 51.0 Å². The second-order valence-electron chi connectivity index (χ2n) is 4.54. The Morgan fingerprint density at radius 3 is 2.79 bits per heavy atom. The summed E-state index contributed by atoms with van der Waals surface area (Å²) in [6.45, 7) is 1.35. The Morgan fingerprint density at radius 2 is 2.11 bits per heavy atom. The summed E-state index contributed by atoms with van der Waals surface area (Å²) in [5.74, 6) is 0.896. The summed E-state index contributed by atoms with van der Waals surface area (Å²) in [4.78, 5) is 19.4. The summed E-state index contributed by atoms with van der Waals surface area (Å²) in [6.07, 6.45) is 0.902. The van der Waals surface area contributed by atoms with Gasteiger partial charge in [-0.25, -0.2) is 4.98 Å². The summed E-state index contributed by atoms with van der Waals surface area (Å²) in [5, 5.41) is 0. The second kappa shape index (κ2) is 5.27. The molecule has 0 saturated carbocycles. The number of nitrogens with one attached hydrogen (secondary N) is 1. The molecule has 1 aliphatic heterocycles. The molecule has 0 aliphatic carbocycles. The SMILES string of the molecule is O=c1[nH]c(C2CCOC2)nc(-c2ccccc2)c1Br. The molecule has 1 saturated heterocycles. The number of aromatic nitrogens is 2. The van der Waals surface area contributed by atoms with Crippen molar-refractivity contribution >= 4 is 15.9 Å². The molecular weight excluding hydrogens is 308 g/mol. The Kier molecular flexibility index (Phi) is 3.48. The molecule has 1 fully saturated rings. The number of benzene rings is 1. The van der Waals surface area contributed by atoms with Crippen LogP contribution < -0.4 is 5.56 Å². The highest BCUT2D eigenvalue weighted by Gasteiger charge is 2.22. The minimum absolute atomic E-state index is 0.143. The molecule has 1 aliphatic rings. The van der Waals surface area contributed by atoms with Gasteiger partial charge in [-0.05, 0) is 22.4 Å². The monoisotopic (exact) mass is 320 g/mol. The Hall–Kier alpha value is -1.46. The van der Waals surface area contributed by atoms with Crippen molar-refractivity contribution in [2.45, 2.75) is 12.3 Å². The molecule has 1 aromatic heterocycles. The van der Waals surface area contributed by atoms with Gasteiger partial charge in [-0.1, -0.05) is 30.3 Å². The van der Waals surface area contributed by atoms with Gasteiger partial charge in [0.2, 0.25) is 0 Å². The highest BCUT2D eigenvalue weighted by molar-refractivity contribution is 9.10. The molecule has 1 aromatic carbocycles. The van der Waals surface area contributed by atoms with Gasteiger partial charge in [0, 0.05) is 18.1 Å². The van der Waals surface area contributed by atoms with E-state index in [0.29, 0.717) is 22.6 Å². The van der Waals surface area contributed by atoms with Crippen molar-refractivity contribution < 1.29 is 4.74 Å². The lowest BCUT2D eigenvalue weighted by molar-refractivity contribution is 0.193. The molecule has 98 valence electrons. The van der Waals surface area contributed by atoms with E-state index in [1.165, 1.54) is 0 Å². The quantitative estimate of drug-likeness (QED) is 0.925. The molecule has 0 amide bonds. The lowest BCUT2D eigenvalue weighted by atomic mass is 10.1. The smallest absolute Gasteiger partial charge is 0.265 e. The van der Waals surface area contributed by atoms with Crippen LogP contribution in [0.15, 0.2) is 39.6 Å². The van der Waals surface area contributed by atoms with Gasteiger partial charge in [-0.3, -0.25) is 4.79 Å². The van der Waals surface area contributed by atoms with Crippen LogP contribution >= 0.6 is 15.9 Å². The zero-order chi connectivity index (χ0) is 13.2. The van der Waals surface area contributed by atoms with Gasteiger partial charge in [0.25, 0.3) is 5.56 Å². The highest BCUT2D eigenvalue weighted by atomic mass is 79.9. The summed E-state index contributed by atoms with van der Waals surface area (Å²) < 4.78 is 5.83. The van der Waals surface area contributed by atoms with E-state index in [-0.39, 0.29) is 11.5 Å². The third-order valence-electron chi connectivity index (χ3n) is 3.24. The van der Waals surface area contributed by atoms with Crippen LogP contribution in [0, 0.1) is 0 Å². The molecule has 1 N–H and O–H groups in total. The van der Waals surface area contributed by atoms with Crippen LogP contribution in [0.2, 0.25) is 0 Å². The average Bonchev–Trinajstić information content (AvgIpc) is 2.97. The zero-order valence-electron chi connectivity index (χ0n) is 10.2. The van der Waals surface area contributed by atoms with E-state index in [4.69, 9.17) is 4.74 Å². The van der Waals surface area contributed by atoms with E-state index >= 15 is 0 Å². The van der Waals surface area contributed by atoms with Gasteiger partial charge in [0.15, 0.2) is 0 Å². The molecular formula is C14H13BrN2O2. The van der Waals surface area contributed by atoms with Crippen molar-refractivity contribution in [1.82, 2.24) is 9.97 Å². The van der Waals surface area contributed by atoms with E-state index in [2.05, 4.69) is 25.9 Å². The van der Waals surface area contributed by atoms with Crippen molar-refractivity contribution in [3.8, 4) is 11.3 Å². The van der Waals surface area contributed by atoms with Crippen LogP contribution in [0.3, 0.4) is 0 Å². The maximum absolute atomic E-state index is 12.0. The number of H-pyrrole nitrogens is 1. The first kappa shape index (κ1) is 12.6. The number of hydrogen-bond donors (Lipinski definition) is 1. The predicted molar refractivity (Wildman–Crippen MR) is 76.2 cm³/mol. The minimum Gasteiger partial charge on any atom is -0.381 e. The number of hydrogen-bond acceptors (Lipinski definition) is 3. The van der Waals surface area contributed by atoms with Crippen LogP contribution in [-0.2, 0) is 4.74 Å². The fourth-order valence-corrected chi connectivity index (χ4v) is 2.62. The largest absolute Gasteiger partial charge is 0.381 e. The summed E-state index contributed by atoms with van der Waals surface area (Å²) in [5.41, 5.74) is 1.47. The zero-order valence-corrected chi connectivity index (χ0v) is 11.8. The number of ether oxygens (including phenoxy) is 1. The molecule has 4 nitrogen and oxygen atoms in total. The van der Waals surface area contributed by atoms with E-state index < -0.39 is 0 Å². The van der Waals surface area contributed by atoms with Crippen LogP contribution in [0.5, 0.6) is 0 Å².